The molecular weight excluding hydrogens is 321 g/mol. The summed E-state index contributed by atoms with van der Waals surface area (Å²) >= 11 is 0. The van der Waals surface area contributed by atoms with Crippen molar-refractivity contribution < 1.29 is 14.0 Å². The van der Waals surface area contributed by atoms with Crippen molar-refractivity contribution in [3.05, 3.63) is 30.1 Å². The van der Waals surface area contributed by atoms with Gasteiger partial charge in [-0.05, 0) is 43.7 Å². The van der Waals surface area contributed by atoms with Crippen LogP contribution >= 0.6 is 0 Å². The Morgan fingerprint density at radius 2 is 1.84 bits per heavy atom. The highest BCUT2D eigenvalue weighted by Gasteiger charge is 2.40. The number of carbonyl (C=O) groups excluding carboxylic acids is 2. The molecule has 3 aliphatic heterocycles. The zero-order chi connectivity index (χ0) is 17.4. The predicted octanol–water partition coefficient (Wildman–Crippen LogP) is 3.08. The van der Waals surface area contributed by atoms with Gasteiger partial charge in [0.1, 0.15) is 5.82 Å². The average molecular weight is 345 g/mol. The molecule has 0 radical (unpaired) electrons. The van der Waals surface area contributed by atoms with Crippen molar-refractivity contribution >= 4 is 17.6 Å². The van der Waals surface area contributed by atoms with Crippen molar-refractivity contribution in [2.45, 2.75) is 38.1 Å². The third-order valence-corrected chi connectivity index (χ3v) is 5.86. The molecule has 1 aromatic carbocycles. The SMILES string of the molecule is O=C(C1CCC1)N1C[C@@H]2CC[C@H](C1)N(C(=O)Nc1ccccc1F)C2. The van der Waals surface area contributed by atoms with Crippen molar-refractivity contribution in [2.75, 3.05) is 25.0 Å². The van der Waals surface area contributed by atoms with Gasteiger partial charge in [-0.2, -0.15) is 0 Å². The Kier molecular flexibility index (Phi) is 4.36. The molecule has 3 amide bonds. The summed E-state index contributed by atoms with van der Waals surface area (Å²) in [5.41, 5.74) is 0.204. The molecule has 1 saturated carbocycles. The lowest BCUT2D eigenvalue weighted by Gasteiger charge is -2.36. The maximum atomic E-state index is 13.8. The summed E-state index contributed by atoms with van der Waals surface area (Å²) in [6.07, 6.45) is 5.10. The van der Waals surface area contributed by atoms with E-state index in [2.05, 4.69) is 5.32 Å². The zero-order valence-electron chi connectivity index (χ0n) is 14.3. The first-order valence-corrected chi connectivity index (χ1v) is 9.23. The van der Waals surface area contributed by atoms with Crippen molar-refractivity contribution in [3.63, 3.8) is 0 Å². The van der Waals surface area contributed by atoms with Gasteiger partial charge in [0.15, 0.2) is 0 Å². The lowest BCUT2D eigenvalue weighted by Crippen LogP contribution is -2.50. The van der Waals surface area contributed by atoms with Gasteiger partial charge in [0.25, 0.3) is 0 Å². The molecule has 0 aromatic heterocycles. The van der Waals surface area contributed by atoms with Crippen LogP contribution in [-0.4, -0.2) is 47.4 Å². The molecule has 3 saturated heterocycles. The smallest absolute Gasteiger partial charge is 0.322 e. The van der Waals surface area contributed by atoms with Gasteiger partial charge in [-0.25, -0.2) is 9.18 Å². The Balaban J connectivity index is 1.45. The summed E-state index contributed by atoms with van der Waals surface area (Å²) in [6, 6.07) is 5.96. The second-order valence-electron chi connectivity index (χ2n) is 7.53. The highest BCUT2D eigenvalue weighted by Crippen LogP contribution is 2.33. The first-order chi connectivity index (χ1) is 12.1. The van der Waals surface area contributed by atoms with E-state index in [1.807, 2.05) is 4.90 Å². The van der Waals surface area contributed by atoms with E-state index in [1.165, 1.54) is 6.07 Å². The monoisotopic (exact) mass is 345 g/mol. The molecule has 0 unspecified atom stereocenters. The molecule has 1 aliphatic carbocycles. The summed E-state index contributed by atoms with van der Waals surface area (Å²) in [4.78, 5) is 29.1. The van der Waals surface area contributed by atoms with Crippen LogP contribution in [0.4, 0.5) is 14.9 Å². The Morgan fingerprint density at radius 3 is 2.56 bits per heavy atom. The number of hydrogen-bond acceptors (Lipinski definition) is 2. The number of amides is 3. The number of nitrogens with one attached hydrogen (secondary N) is 1. The number of benzene rings is 1. The number of urea groups is 1. The van der Waals surface area contributed by atoms with Gasteiger partial charge in [0.2, 0.25) is 5.91 Å². The number of rotatable bonds is 2. The number of hydrogen-bond donors (Lipinski definition) is 1. The van der Waals surface area contributed by atoms with Crippen molar-refractivity contribution in [2.24, 2.45) is 11.8 Å². The van der Waals surface area contributed by atoms with Gasteiger partial charge in [0.05, 0.1) is 11.7 Å². The van der Waals surface area contributed by atoms with E-state index in [9.17, 15) is 14.0 Å². The molecule has 4 fully saturated rings. The van der Waals surface area contributed by atoms with Crippen LogP contribution in [0.1, 0.15) is 32.1 Å². The molecule has 2 bridgehead atoms. The minimum Gasteiger partial charge on any atom is -0.340 e. The van der Waals surface area contributed by atoms with Crippen LogP contribution in [-0.2, 0) is 4.79 Å². The number of piperidine rings is 1. The maximum absolute atomic E-state index is 13.8. The minimum atomic E-state index is -0.433. The van der Waals surface area contributed by atoms with E-state index in [1.54, 1.807) is 23.1 Å². The Hall–Kier alpha value is -2.11. The van der Waals surface area contributed by atoms with Gasteiger partial charge >= 0.3 is 6.03 Å². The van der Waals surface area contributed by atoms with Gasteiger partial charge in [-0.1, -0.05) is 18.6 Å². The third-order valence-electron chi connectivity index (χ3n) is 5.86. The number of para-hydroxylation sites is 1. The van der Waals surface area contributed by atoms with Crippen LogP contribution < -0.4 is 5.32 Å². The lowest BCUT2D eigenvalue weighted by atomic mass is 9.84. The quantitative estimate of drug-likeness (QED) is 0.895. The van der Waals surface area contributed by atoms with E-state index in [0.717, 1.165) is 38.6 Å². The standard InChI is InChI=1S/C19H24FN3O2/c20-16-6-1-2-7-17(16)21-19(25)23-11-13-8-9-15(23)12-22(10-13)18(24)14-4-3-5-14/h1-2,6-7,13-15H,3-5,8-12H2,(H,21,25)/t13-,15+/m0/s1. The summed E-state index contributed by atoms with van der Waals surface area (Å²) in [7, 11) is 0. The summed E-state index contributed by atoms with van der Waals surface area (Å²) in [5, 5.41) is 2.69. The third kappa shape index (κ3) is 3.22. The van der Waals surface area contributed by atoms with Crippen LogP contribution in [0, 0.1) is 17.7 Å². The van der Waals surface area contributed by atoms with Crippen LogP contribution in [0.2, 0.25) is 0 Å². The lowest BCUT2D eigenvalue weighted by molar-refractivity contribution is -0.138. The van der Waals surface area contributed by atoms with E-state index in [-0.39, 0.29) is 29.6 Å². The van der Waals surface area contributed by atoms with E-state index in [0.29, 0.717) is 19.0 Å². The van der Waals surface area contributed by atoms with Crippen molar-refractivity contribution in [1.82, 2.24) is 9.80 Å². The summed E-state index contributed by atoms with van der Waals surface area (Å²) in [5.74, 6) is 0.337. The van der Waals surface area contributed by atoms with Crippen molar-refractivity contribution in [3.8, 4) is 0 Å². The van der Waals surface area contributed by atoms with Crippen LogP contribution in [0.3, 0.4) is 0 Å². The molecular formula is C19H24FN3O2. The average Bonchev–Trinajstić information content (AvgIpc) is 2.87. The van der Waals surface area contributed by atoms with E-state index < -0.39 is 5.82 Å². The molecule has 6 heteroatoms. The highest BCUT2D eigenvalue weighted by atomic mass is 19.1. The highest BCUT2D eigenvalue weighted by molar-refractivity contribution is 5.90. The Labute approximate surface area is 147 Å². The van der Waals surface area contributed by atoms with Crippen LogP contribution in [0.15, 0.2) is 24.3 Å². The Bertz CT molecular complexity index is 676. The van der Waals surface area contributed by atoms with Crippen molar-refractivity contribution in [1.29, 1.82) is 0 Å². The fourth-order valence-corrected chi connectivity index (χ4v) is 4.17. The molecule has 0 spiro atoms. The second-order valence-corrected chi connectivity index (χ2v) is 7.53. The Morgan fingerprint density at radius 1 is 1.04 bits per heavy atom. The van der Waals surface area contributed by atoms with E-state index >= 15 is 0 Å². The molecule has 3 heterocycles. The summed E-state index contributed by atoms with van der Waals surface area (Å²) in [6.45, 7) is 1.99. The minimum absolute atomic E-state index is 0.0227. The molecule has 25 heavy (non-hydrogen) atoms. The summed E-state index contributed by atoms with van der Waals surface area (Å²) < 4.78 is 13.8. The number of fused-ring (bicyclic) bond motifs is 4. The number of halogens is 1. The van der Waals surface area contributed by atoms with Gasteiger partial charge < -0.3 is 15.1 Å². The van der Waals surface area contributed by atoms with Gasteiger partial charge in [-0.15, -0.1) is 0 Å². The molecule has 4 aliphatic rings. The maximum Gasteiger partial charge on any atom is 0.322 e. The first kappa shape index (κ1) is 16.4. The topological polar surface area (TPSA) is 52.7 Å². The molecule has 1 aromatic rings. The normalized spacial score (nSPS) is 26.1. The number of anilines is 1. The van der Waals surface area contributed by atoms with Crippen LogP contribution in [0.5, 0.6) is 0 Å². The molecule has 1 N–H and O–H groups in total. The molecule has 5 nitrogen and oxygen atoms in total. The number of nitrogens with zero attached hydrogens (tertiary/aromatic N) is 2. The van der Waals surface area contributed by atoms with Gasteiger partial charge in [-0.3, -0.25) is 4.79 Å². The largest absolute Gasteiger partial charge is 0.340 e. The predicted molar refractivity (Wildman–Crippen MR) is 92.6 cm³/mol. The fourth-order valence-electron chi connectivity index (χ4n) is 4.17. The first-order valence-electron chi connectivity index (χ1n) is 9.23. The van der Waals surface area contributed by atoms with Gasteiger partial charge in [0, 0.05) is 25.6 Å². The molecule has 5 rings (SSSR count). The number of carbonyl (C=O) groups is 2. The van der Waals surface area contributed by atoms with Crippen LogP contribution in [0.25, 0.3) is 0 Å². The fraction of sp³-hybridized carbons (Fsp3) is 0.579. The molecule has 2 atom stereocenters. The second kappa shape index (κ2) is 6.65. The zero-order valence-corrected chi connectivity index (χ0v) is 14.3. The van der Waals surface area contributed by atoms with E-state index in [4.69, 9.17) is 0 Å². The molecule has 134 valence electrons.